The van der Waals surface area contributed by atoms with Crippen molar-refractivity contribution in [1.82, 2.24) is 14.7 Å². The van der Waals surface area contributed by atoms with Crippen LogP contribution in [0.3, 0.4) is 0 Å². The Hall–Kier alpha value is -1.21. The van der Waals surface area contributed by atoms with E-state index in [2.05, 4.69) is 20.0 Å². The van der Waals surface area contributed by atoms with Crippen molar-refractivity contribution >= 4 is 40.1 Å². The lowest BCUT2D eigenvalue weighted by Crippen LogP contribution is -2.45. The second kappa shape index (κ2) is 6.81. The van der Waals surface area contributed by atoms with E-state index in [4.69, 9.17) is 11.6 Å². The molecule has 0 bridgehead atoms. The van der Waals surface area contributed by atoms with Crippen molar-refractivity contribution in [3.05, 3.63) is 5.82 Å². The summed E-state index contributed by atoms with van der Waals surface area (Å²) in [4.78, 5) is 26.7. The summed E-state index contributed by atoms with van der Waals surface area (Å²) in [6.07, 6.45) is 0.861. The molecule has 1 rings (SSSR count). The molecule has 2 amide bonds. The van der Waals surface area contributed by atoms with Gasteiger partial charge in [0.25, 0.3) is 0 Å². The Bertz CT molecular complexity index is 461. The van der Waals surface area contributed by atoms with Crippen LogP contribution in [0.2, 0.25) is 0 Å². The van der Waals surface area contributed by atoms with Gasteiger partial charge in [-0.3, -0.25) is 9.59 Å². The van der Waals surface area contributed by atoms with Crippen LogP contribution in [0.4, 0.5) is 5.13 Å². The van der Waals surface area contributed by atoms with Gasteiger partial charge in [-0.05, 0) is 13.8 Å². The molecule has 0 aliphatic heterocycles. The summed E-state index contributed by atoms with van der Waals surface area (Å²) in [6.45, 7) is 5.49. The number of hydrogen-bond donors (Lipinski definition) is 2. The predicted molar refractivity (Wildman–Crippen MR) is 75.5 cm³/mol. The van der Waals surface area contributed by atoms with Gasteiger partial charge in [0.1, 0.15) is 11.7 Å². The molecule has 0 radical (unpaired) electrons. The van der Waals surface area contributed by atoms with Gasteiger partial charge in [-0.25, -0.2) is 4.98 Å². The normalized spacial score (nSPS) is 11.2. The lowest BCUT2D eigenvalue weighted by Gasteiger charge is -2.24. The van der Waals surface area contributed by atoms with Gasteiger partial charge in [-0.15, -0.1) is 11.6 Å². The van der Waals surface area contributed by atoms with Gasteiger partial charge >= 0.3 is 0 Å². The summed E-state index contributed by atoms with van der Waals surface area (Å²) < 4.78 is 4.15. The van der Waals surface area contributed by atoms with Gasteiger partial charge in [0.05, 0.1) is 0 Å². The lowest BCUT2D eigenvalue weighted by molar-refractivity contribution is -0.120. The van der Waals surface area contributed by atoms with E-state index >= 15 is 0 Å². The van der Waals surface area contributed by atoms with E-state index in [1.807, 2.05) is 13.8 Å². The van der Waals surface area contributed by atoms with E-state index in [-0.39, 0.29) is 17.7 Å². The number of nitrogens with zero attached hydrogens (tertiary/aromatic N) is 2. The molecule has 0 aromatic carbocycles. The van der Waals surface area contributed by atoms with E-state index in [1.54, 1.807) is 6.92 Å². The largest absolute Gasteiger partial charge is 0.350 e. The molecule has 2 N–H and O–H groups in total. The van der Waals surface area contributed by atoms with Gasteiger partial charge in [-0.1, -0.05) is 6.92 Å². The smallest absolute Gasteiger partial charge is 0.235 e. The molecule has 106 valence electrons. The standard InChI is InChI=1S/C11H17ClN4O2S/c1-4-8(17)14-10-13-7(16-19-10)5-11(2,3)15-9(18)6-12/h4-6H2,1-3H3,(H,15,18)(H,13,14,16,17). The summed E-state index contributed by atoms with van der Waals surface area (Å²) in [5.41, 5.74) is -0.487. The molecule has 1 aromatic rings. The highest BCUT2D eigenvalue weighted by Crippen LogP contribution is 2.16. The minimum atomic E-state index is -0.487. The molecule has 19 heavy (non-hydrogen) atoms. The van der Waals surface area contributed by atoms with Crippen molar-refractivity contribution < 1.29 is 9.59 Å². The molecule has 0 unspecified atom stereocenters. The van der Waals surface area contributed by atoms with Crippen LogP contribution in [0.1, 0.15) is 33.0 Å². The third-order valence-corrected chi connectivity index (χ3v) is 3.15. The third-order valence-electron chi connectivity index (χ3n) is 2.23. The van der Waals surface area contributed by atoms with Gasteiger partial charge in [0, 0.05) is 29.9 Å². The third kappa shape index (κ3) is 5.52. The Labute approximate surface area is 121 Å². The van der Waals surface area contributed by atoms with Crippen LogP contribution < -0.4 is 10.6 Å². The summed E-state index contributed by atoms with van der Waals surface area (Å²) in [5.74, 6) is 0.168. The number of amides is 2. The SMILES string of the molecule is CCC(=O)Nc1nc(CC(C)(C)NC(=O)CCl)ns1. The number of rotatable bonds is 6. The first-order valence-electron chi connectivity index (χ1n) is 5.85. The van der Waals surface area contributed by atoms with Crippen molar-refractivity contribution in [3.63, 3.8) is 0 Å². The van der Waals surface area contributed by atoms with Gasteiger partial charge in [0.2, 0.25) is 16.9 Å². The first-order valence-corrected chi connectivity index (χ1v) is 7.16. The zero-order valence-corrected chi connectivity index (χ0v) is 12.7. The Kier molecular flexibility index (Phi) is 5.68. The molecule has 0 fully saturated rings. The number of nitrogens with one attached hydrogen (secondary N) is 2. The van der Waals surface area contributed by atoms with Crippen molar-refractivity contribution in [2.75, 3.05) is 11.2 Å². The van der Waals surface area contributed by atoms with Crippen LogP contribution in [0.5, 0.6) is 0 Å². The van der Waals surface area contributed by atoms with Crippen LogP contribution in [-0.4, -0.2) is 32.6 Å². The second-order valence-electron chi connectivity index (χ2n) is 4.66. The zero-order chi connectivity index (χ0) is 14.5. The molecule has 1 aromatic heterocycles. The Morgan fingerprint density at radius 2 is 2.05 bits per heavy atom. The number of anilines is 1. The first-order chi connectivity index (χ1) is 8.86. The minimum Gasteiger partial charge on any atom is -0.350 e. The van der Waals surface area contributed by atoms with E-state index < -0.39 is 5.54 Å². The molecule has 1 heterocycles. The maximum Gasteiger partial charge on any atom is 0.235 e. The maximum absolute atomic E-state index is 11.3. The fraction of sp³-hybridized carbons (Fsp3) is 0.636. The summed E-state index contributed by atoms with van der Waals surface area (Å²) in [5, 5.41) is 5.90. The topological polar surface area (TPSA) is 84.0 Å². The Morgan fingerprint density at radius 1 is 1.37 bits per heavy atom. The van der Waals surface area contributed by atoms with Crippen LogP contribution in [0.15, 0.2) is 0 Å². The van der Waals surface area contributed by atoms with E-state index in [0.717, 1.165) is 11.5 Å². The molecule has 0 aliphatic carbocycles. The Morgan fingerprint density at radius 3 is 2.63 bits per heavy atom. The lowest BCUT2D eigenvalue weighted by atomic mass is 10.0. The highest BCUT2D eigenvalue weighted by Gasteiger charge is 2.23. The fourth-order valence-electron chi connectivity index (χ4n) is 1.43. The van der Waals surface area contributed by atoms with Crippen molar-refractivity contribution in [3.8, 4) is 0 Å². The van der Waals surface area contributed by atoms with E-state index in [9.17, 15) is 9.59 Å². The number of carbonyl (C=O) groups excluding carboxylic acids is 2. The molecule has 0 aliphatic rings. The highest BCUT2D eigenvalue weighted by atomic mass is 35.5. The number of hydrogen-bond acceptors (Lipinski definition) is 5. The summed E-state index contributed by atoms with van der Waals surface area (Å²) in [7, 11) is 0. The van der Waals surface area contributed by atoms with Crippen molar-refractivity contribution in [2.45, 2.75) is 39.2 Å². The molecule has 0 atom stereocenters. The molecule has 0 saturated heterocycles. The predicted octanol–water partition coefficient (Wildman–Crippen LogP) is 1.56. The van der Waals surface area contributed by atoms with Gasteiger partial charge < -0.3 is 10.6 Å². The van der Waals surface area contributed by atoms with E-state index in [1.165, 1.54) is 0 Å². The average molecular weight is 305 g/mol. The highest BCUT2D eigenvalue weighted by molar-refractivity contribution is 7.09. The van der Waals surface area contributed by atoms with Crippen LogP contribution in [-0.2, 0) is 16.0 Å². The summed E-state index contributed by atoms with van der Waals surface area (Å²) >= 11 is 6.58. The molecule has 0 saturated carbocycles. The number of carbonyl (C=O) groups is 2. The molecule has 0 spiro atoms. The number of aromatic nitrogens is 2. The monoisotopic (exact) mass is 304 g/mol. The van der Waals surface area contributed by atoms with Crippen LogP contribution in [0, 0.1) is 0 Å². The van der Waals surface area contributed by atoms with Crippen LogP contribution >= 0.6 is 23.1 Å². The van der Waals surface area contributed by atoms with Crippen LogP contribution in [0.25, 0.3) is 0 Å². The molecular formula is C11H17ClN4O2S. The average Bonchev–Trinajstić information content (AvgIpc) is 2.74. The van der Waals surface area contributed by atoms with Gasteiger partial charge in [0.15, 0.2) is 0 Å². The number of alkyl halides is 1. The first kappa shape index (κ1) is 15.8. The Balaban J connectivity index is 2.62. The fourth-order valence-corrected chi connectivity index (χ4v) is 2.10. The second-order valence-corrected chi connectivity index (χ2v) is 5.68. The van der Waals surface area contributed by atoms with Gasteiger partial charge in [-0.2, -0.15) is 4.37 Å². The van der Waals surface area contributed by atoms with Crippen molar-refractivity contribution in [1.29, 1.82) is 0 Å². The quantitative estimate of drug-likeness (QED) is 0.781. The molecule has 8 heteroatoms. The molecule has 6 nitrogen and oxygen atoms in total. The molecular weight excluding hydrogens is 288 g/mol. The zero-order valence-electron chi connectivity index (χ0n) is 11.1. The van der Waals surface area contributed by atoms with Crippen molar-refractivity contribution in [2.24, 2.45) is 0 Å². The maximum atomic E-state index is 11.3. The number of halogens is 1. The minimum absolute atomic E-state index is 0.0776. The van der Waals surface area contributed by atoms with E-state index in [0.29, 0.717) is 23.8 Å². The summed E-state index contributed by atoms with van der Waals surface area (Å²) in [6, 6.07) is 0.